The third-order valence-corrected chi connectivity index (χ3v) is 3.04. The zero-order valence-corrected chi connectivity index (χ0v) is 11.2. The molecule has 6 nitrogen and oxygen atoms in total. The molecule has 2 aromatic rings. The molecule has 1 amide bonds. The van der Waals surface area contributed by atoms with Crippen molar-refractivity contribution in [2.24, 2.45) is 0 Å². The molecule has 0 unspecified atom stereocenters. The second kappa shape index (κ2) is 7.28. The standard InChI is InChI=1S/C14H18N4O2/c19-11-13-3-1-8-18(13)9-4-14(20)16-5-2-7-17-10-6-15-12-17/h1,3,6,8,10-12H,2,4-5,7,9H2,(H,16,20). The maximum atomic E-state index is 11.7. The van der Waals surface area contributed by atoms with Crippen LogP contribution in [0.3, 0.4) is 0 Å². The molecule has 2 heterocycles. The highest BCUT2D eigenvalue weighted by Gasteiger charge is 2.03. The van der Waals surface area contributed by atoms with Gasteiger partial charge in [-0.05, 0) is 18.6 Å². The van der Waals surface area contributed by atoms with E-state index in [0.29, 0.717) is 25.2 Å². The number of rotatable bonds is 8. The van der Waals surface area contributed by atoms with Crippen molar-refractivity contribution in [3.8, 4) is 0 Å². The number of carbonyl (C=O) groups is 2. The first-order valence-electron chi connectivity index (χ1n) is 6.62. The van der Waals surface area contributed by atoms with Gasteiger partial charge in [-0.1, -0.05) is 0 Å². The Labute approximate surface area is 117 Å². The summed E-state index contributed by atoms with van der Waals surface area (Å²) in [7, 11) is 0. The lowest BCUT2D eigenvalue weighted by Gasteiger charge is -2.07. The second-order valence-corrected chi connectivity index (χ2v) is 4.50. The van der Waals surface area contributed by atoms with Gasteiger partial charge in [0.2, 0.25) is 5.91 Å². The third-order valence-electron chi connectivity index (χ3n) is 3.04. The van der Waals surface area contributed by atoms with E-state index in [1.54, 1.807) is 35.4 Å². The van der Waals surface area contributed by atoms with Gasteiger partial charge in [0.05, 0.1) is 12.0 Å². The van der Waals surface area contributed by atoms with Gasteiger partial charge < -0.3 is 14.5 Å². The number of aromatic nitrogens is 3. The van der Waals surface area contributed by atoms with Crippen molar-refractivity contribution in [2.45, 2.75) is 25.9 Å². The highest BCUT2D eigenvalue weighted by molar-refractivity contribution is 5.76. The number of aldehydes is 1. The molecule has 0 fully saturated rings. The molecule has 20 heavy (non-hydrogen) atoms. The smallest absolute Gasteiger partial charge is 0.221 e. The molecule has 6 heteroatoms. The summed E-state index contributed by atoms with van der Waals surface area (Å²) in [6.07, 6.45) is 9.23. The van der Waals surface area contributed by atoms with Gasteiger partial charge >= 0.3 is 0 Å². The number of carbonyl (C=O) groups excluding carboxylic acids is 2. The molecule has 2 aromatic heterocycles. The Balaban J connectivity index is 1.62. The predicted molar refractivity (Wildman–Crippen MR) is 74.3 cm³/mol. The first-order chi connectivity index (χ1) is 9.79. The summed E-state index contributed by atoms with van der Waals surface area (Å²) < 4.78 is 3.75. The quantitative estimate of drug-likeness (QED) is 0.579. The number of amides is 1. The summed E-state index contributed by atoms with van der Waals surface area (Å²) in [6.45, 7) is 2.00. The van der Waals surface area contributed by atoms with Crippen LogP contribution in [0.5, 0.6) is 0 Å². The Bertz CT molecular complexity index is 545. The lowest BCUT2D eigenvalue weighted by Crippen LogP contribution is -2.26. The first-order valence-corrected chi connectivity index (χ1v) is 6.62. The Morgan fingerprint density at radius 2 is 2.25 bits per heavy atom. The summed E-state index contributed by atoms with van der Waals surface area (Å²) in [5.41, 5.74) is 0.595. The molecule has 0 saturated carbocycles. The van der Waals surface area contributed by atoms with Crippen LogP contribution in [0.1, 0.15) is 23.3 Å². The van der Waals surface area contributed by atoms with Crippen LogP contribution in [0, 0.1) is 0 Å². The van der Waals surface area contributed by atoms with Crippen molar-refractivity contribution in [3.05, 3.63) is 42.7 Å². The van der Waals surface area contributed by atoms with Crippen LogP contribution in [0.2, 0.25) is 0 Å². The molecule has 0 aliphatic rings. The van der Waals surface area contributed by atoms with Crippen LogP contribution in [-0.4, -0.2) is 32.9 Å². The Morgan fingerprint density at radius 1 is 1.35 bits per heavy atom. The Kier molecular flexibility index (Phi) is 5.11. The monoisotopic (exact) mass is 274 g/mol. The van der Waals surface area contributed by atoms with Gasteiger partial charge in [-0.25, -0.2) is 4.98 Å². The molecule has 0 aliphatic carbocycles. The fourth-order valence-corrected chi connectivity index (χ4v) is 1.96. The van der Waals surface area contributed by atoms with Gasteiger partial charge in [-0.15, -0.1) is 0 Å². The first kappa shape index (κ1) is 14.0. The predicted octanol–water partition coefficient (Wildman–Crippen LogP) is 1.09. The number of nitrogens with zero attached hydrogens (tertiary/aromatic N) is 3. The highest BCUT2D eigenvalue weighted by Crippen LogP contribution is 2.00. The molecule has 2 rings (SSSR count). The summed E-state index contributed by atoms with van der Waals surface area (Å²) >= 11 is 0. The van der Waals surface area contributed by atoms with E-state index in [1.807, 2.05) is 10.8 Å². The molecule has 0 aromatic carbocycles. The number of hydrogen-bond acceptors (Lipinski definition) is 3. The minimum Gasteiger partial charge on any atom is -0.356 e. The Morgan fingerprint density at radius 3 is 3.00 bits per heavy atom. The topological polar surface area (TPSA) is 68.9 Å². The van der Waals surface area contributed by atoms with E-state index in [0.717, 1.165) is 19.3 Å². The fraction of sp³-hybridized carbons (Fsp3) is 0.357. The van der Waals surface area contributed by atoms with Crippen LogP contribution in [-0.2, 0) is 17.9 Å². The normalized spacial score (nSPS) is 10.4. The largest absolute Gasteiger partial charge is 0.356 e. The summed E-state index contributed by atoms with van der Waals surface area (Å²) in [5.74, 6) is 0.00109. The third kappa shape index (κ3) is 4.08. The van der Waals surface area contributed by atoms with E-state index < -0.39 is 0 Å². The molecule has 0 bridgehead atoms. The molecular formula is C14H18N4O2. The van der Waals surface area contributed by atoms with E-state index in [2.05, 4.69) is 10.3 Å². The molecule has 0 atom stereocenters. The van der Waals surface area contributed by atoms with Gasteiger partial charge in [0.1, 0.15) is 0 Å². The number of aryl methyl sites for hydroxylation is 2. The lowest BCUT2D eigenvalue weighted by molar-refractivity contribution is -0.121. The molecule has 0 radical (unpaired) electrons. The van der Waals surface area contributed by atoms with Crippen molar-refractivity contribution in [3.63, 3.8) is 0 Å². The maximum Gasteiger partial charge on any atom is 0.221 e. The molecule has 1 N–H and O–H groups in total. The molecular weight excluding hydrogens is 256 g/mol. The van der Waals surface area contributed by atoms with Crippen LogP contribution in [0.4, 0.5) is 0 Å². The lowest BCUT2D eigenvalue weighted by atomic mass is 10.3. The average Bonchev–Trinajstić information content (AvgIpc) is 3.12. The van der Waals surface area contributed by atoms with Crippen LogP contribution < -0.4 is 5.32 Å². The van der Waals surface area contributed by atoms with E-state index in [-0.39, 0.29) is 5.91 Å². The number of hydrogen-bond donors (Lipinski definition) is 1. The second-order valence-electron chi connectivity index (χ2n) is 4.50. The highest BCUT2D eigenvalue weighted by atomic mass is 16.1. The van der Waals surface area contributed by atoms with E-state index >= 15 is 0 Å². The zero-order valence-electron chi connectivity index (χ0n) is 11.2. The number of nitrogens with one attached hydrogen (secondary N) is 1. The Hall–Kier alpha value is -2.37. The van der Waals surface area contributed by atoms with E-state index in [4.69, 9.17) is 0 Å². The molecule has 0 saturated heterocycles. The number of imidazole rings is 1. The van der Waals surface area contributed by atoms with Crippen LogP contribution in [0.25, 0.3) is 0 Å². The SMILES string of the molecule is O=Cc1cccn1CCC(=O)NCCCn1ccnc1. The van der Waals surface area contributed by atoms with E-state index in [9.17, 15) is 9.59 Å². The van der Waals surface area contributed by atoms with Crippen molar-refractivity contribution >= 4 is 12.2 Å². The van der Waals surface area contributed by atoms with Crippen molar-refractivity contribution < 1.29 is 9.59 Å². The minimum atomic E-state index is 0.00109. The van der Waals surface area contributed by atoms with Crippen molar-refractivity contribution in [2.75, 3.05) is 6.54 Å². The zero-order chi connectivity index (χ0) is 14.2. The maximum absolute atomic E-state index is 11.7. The van der Waals surface area contributed by atoms with Gasteiger partial charge in [-0.2, -0.15) is 0 Å². The van der Waals surface area contributed by atoms with Gasteiger partial charge in [0.15, 0.2) is 6.29 Å². The summed E-state index contributed by atoms with van der Waals surface area (Å²) in [4.78, 5) is 26.3. The van der Waals surface area contributed by atoms with Crippen molar-refractivity contribution in [1.82, 2.24) is 19.4 Å². The van der Waals surface area contributed by atoms with Crippen LogP contribution >= 0.6 is 0 Å². The molecule has 0 aliphatic heterocycles. The van der Waals surface area contributed by atoms with Crippen molar-refractivity contribution in [1.29, 1.82) is 0 Å². The fourth-order valence-electron chi connectivity index (χ4n) is 1.96. The van der Waals surface area contributed by atoms with E-state index in [1.165, 1.54) is 0 Å². The van der Waals surface area contributed by atoms with Gasteiger partial charge in [0, 0.05) is 44.6 Å². The summed E-state index contributed by atoms with van der Waals surface area (Å²) in [5, 5.41) is 2.87. The average molecular weight is 274 g/mol. The van der Waals surface area contributed by atoms with Crippen LogP contribution in [0.15, 0.2) is 37.1 Å². The molecule has 106 valence electrons. The van der Waals surface area contributed by atoms with Gasteiger partial charge in [-0.3, -0.25) is 9.59 Å². The molecule has 0 spiro atoms. The minimum absolute atomic E-state index is 0.00109. The summed E-state index contributed by atoms with van der Waals surface area (Å²) in [6, 6.07) is 3.53. The van der Waals surface area contributed by atoms with Gasteiger partial charge in [0.25, 0.3) is 0 Å².